The molecular formula is C19H21ClN2O2. The molecule has 126 valence electrons. The lowest BCUT2D eigenvalue weighted by Gasteiger charge is -2.18. The van der Waals surface area contributed by atoms with Crippen LogP contribution in [-0.2, 0) is 0 Å². The van der Waals surface area contributed by atoms with Crippen LogP contribution in [0.3, 0.4) is 0 Å². The second-order valence-electron chi connectivity index (χ2n) is 5.42. The fourth-order valence-corrected chi connectivity index (χ4v) is 2.57. The Hall–Kier alpha value is -2.33. The summed E-state index contributed by atoms with van der Waals surface area (Å²) in [4.78, 5) is 26.4. The summed E-state index contributed by atoms with van der Waals surface area (Å²) in [7, 11) is 0. The van der Waals surface area contributed by atoms with Crippen LogP contribution in [0.4, 0.5) is 5.69 Å². The largest absolute Gasteiger partial charge is 0.339 e. The molecule has 0 aliphatic heterocycles. The number of nitrogens with zero attached hydrogens (tertiary/aromatic N) is 1. The van der Waals surface area contributed by atoms with E-state index in [2.05, 4.69) is 5.32 Å². The topological polar surface area (TPSA) is 49.4 Å². The van der Waals surface area contributed by atoms with Crippen LogP contribution in [0.5, 0.6) is 0 Å². The van der Waals surface area contributed by atoms with Crippen LogP contribution in [0.1, 0.15) is 40.1 Å². The van der Waals surface area contributed by atoms with E-state index in [1.54, 1.807) is 47.4 Å². The standard InChI is InChI=1S/C19H21ClN2O2/c1-4-22(5-2)19(24)15-11-9-14(10-12-15)18(23)21-17-8-6-7-16(20)13(17)3/h6-12H,4-5H2,1-3H3,(H,21,23). The highest BCUT2D eigenvalue weighted by atomic mass is 35.5. The van der Waals surface area contributed by atoms with Gasteiger partial charge >= 0.3 is 0 Å². The zero-order valence-electron chi connectivity index (χ0n) is 14.1. The van der Waals surface area contributed by atoms with Crippen molar-refractivity contribution in [1.29, 1.82) is 0 Å². The zero-order valence-corrected chi connectivity index (χ0v) is 14.9. The maximum absolute atomic E-state index is 12.4. The first-order valence-corrected chi connectivity index (χ1v) is 8.31. The number of carbonyl (C=O) groups excluding carboxylic acids is 2. The molecule has 1 N–H and O–H groups in total. The molecule has 2 aromatic rings. The van der Waals surface area contributed by atoms with Crippen molar-refractivity contribution < 1.29 is 9.59 Å². The van der Waals surface area contributed by atoms with E-state index in [-0.39, 0.29) is 11.8 Å². The lowest BCUT2D eigenvalue weighted by molar-refractivity contribution is 0.0772. The molecule has 0 saturated carbocycles. The molecule has 5 heteroatoms. The molecule has 2 aromatic carbocycles. The van der Waals surface area contributed by atoms with Gasteiger partial charge < -0.3 is 10.2 Å². The fourth-order valence-electron chi connectivity index (χ4n) is 2.39. The Morgan fingerprint density at radius 3 is 2.17 bits per heavy atom. The summed E-state index contributed by atoms with van der Waals surface area (Å²) in [5.41, 5.74) is 2.57. The van der Waals surface area contributed by atoms with E-state index < -0.39 is 0 Å². The van der Waals surface area contributed by atoms with Crippen molar-refractivity contribution in [1.82, 2.24) is 4.90 Å². The number of hydrogen-bond donors (Lipinski definition) is 1. The molecule has 0 radical (unpaired) electrons. The fraction of sp³-hybridized carbons (Fsp3) is 0.263. The molecule has 0 atom stereocenters. The molecule has 0 heterocycles. The summed E-state index contributed by atoms with van der Waals surface area (Å²) in [5, 5.41) is 3.45. The Labute approximate surface area is 147 Å². The molecule has 0 aliphatic rings. The number of carbonyl (C=O) groups is 2. The number of nitrogens with one attached hydrogen (secondary N) is 1. The normalized spacial score (nSPS) is 10.3. The third kappa shape index (κ3) is 3.95. The predicted molar refractivity (Wildman–Crippen MR) is 97.8 cm³/mol. The van der Waals surface area contributed by atoms with E-state index in [0.717, 1.165) is 5.56 Å². The first kappa shape index (κ1) is 18.0. The van der Waals surface area contributed by atoms with E-state index in [1.807, 2.05) is 20.8 Å². The number of rotatable bonds is 5. The Bertz CT molecular complexity index is 738. The van der Waals surface area contributed by atoms with Crippen molar-refractivity contribution in [2.45, 2.75) is 20.8 Å². The van der Waals surface area contributed by atoms with Crippen LogP contribution >= 0.6 is 11.6 Å². The van der Waals surface area contributed by atoms with Crippen molar-refractivity contribution in [2.24, 2.45) is 0 Å². The quantitative estimate of drug-likeness (QED) is 0.874. The van der Waals surface area contributed by atoms with Crippen LogP contribution in [0.15, 0.2) is 42.5 Å². The molecule has 0 fully saturated rings. The van der Waals surface area contributed by atoms with Gasteiger partial charge in [0, 0.05) is 34.9 Å². The van der Waals surface area contributed by atoms with Crippen LogP contribution in [-0.4, -0.2) is 29.8 Å². The second-order valence-corrected chi connectivity index (χ2v) is 5.83. The Kier molecular flexibility index (Phi) is 5.99. The van der Waals surface area contributed by atoms with Gasteiger partial charge in [0.2, 0.25) is 0 Å². The Balaban J connectivity index is 2.14. The molecular weight excluding hydrogens is 324 g/mol. The van der Waals surface area contributed by atoms with Gasteiger partial charge in [0.05, 0.1) is 0 Å². The minimum Gasteiger partial charge on any atom is -0.339 e. The monoisotopic (exact) mass is 344 g/mol. The average Bonchev–Trinajstić information content (AvgIpc) is 2.60. The molecule has 0 unspecified atom stereocenters. The van der Waals surface area contributed by atoms with Gasteiger partial charge in [0.25, 0.3) is 11.8 Å². The SMILES string of the molecule is CCN(CC)C(=O)c1ccc(C(=O)Nc2cccc(Cl)c2C)cc1. The highest BCUT2D eigenvalue weighted by Crippen LogP contribution is 2.23. The third-order valence-electron chi connectivity index (χ3n) is 3.96. The van der Waals surface area contributed by atoms with Gasteiger partial charge in [-0.25, -0.2) is 0 Å². The number of halogens is 1. The maximum Gasteiger partial charge on any atom is 0.255 e. The summed E-state index contributed by atoms with van der Waals surface area (Å²) < 4.78 is 0. The number of hydrogen-bond acceptors (Lipinski definition) is 2. The Morgan fingerprint density at radius 2 is 1.58 bits per heavy atom. The van der Waals surface area contributed by atoms with E-state index >= 15 is 0 Å². The molecule has 0 aromatic heterocycles. The van der Waals surface area contributed by atoms with Crippen LogP contribution in [0.25, 0.3) is 0 Å². The lowest BCUT2D eigenvalue weighted by atomic mass is 10.1. The minimum atomic E-state index is -0.234. The number of amides is 2. The van der Waals surface area contributed by atoms with Crippen LogP contribution in [0.2, 0.25) is 5.02 Å². The van der Waals surface area contributed by atoms with Gasteiger partial charge in [0.15, 0.2) is 0 Å². The summed E-state index contributed by atoms with van der Waals surface area (Å²) in [5.74, 6) is -0.264. The first-order valence-electron chi connectivity index (χ1n) is 7.93. The molecule has 0 spiro atoms. The Morgan fingerprint density at radius 1 is 1.00 bits per heavy atom. The molecule has 0 saturated heterocycles. The average molecular weight is 345 g/mol. The van der Waals surface area contributed by atoms with E-state index in [9.17, 15) is 9.59 Å². The second kappa shape index (κ2) is 7.97. The van der Waals surface area contributed by atoms with E-state index in [4.69, 9.17) is 11.6 Å². The summed E-state index contributed by atoms with van der Waals surface area (Å²) in [6.07, 6.45) is 0. The van der Waals surface area contributed by atoms with Crippen molar-refractivity contribution in [3.63, 3.8) is 0 Å². The highest BCUT2D eigenvalue weighted by molar-refractivity contribution is 6.31. The van der Waals surface area contributed by atoms with Gasteiger partial charge in [-0.2, -0.15) is 0 Å². The molecule has 2 amide bonds. The van der Waals surface area contributed by atoms with Crippen molar-refractivity contribution >= 4 is 29.1 Å². The van der Waals surface area contributed by atoms with E-state index in [0.29, 0.717) is 34.9 Å². The summed E-state index contributed by atoms with van der Waals surface area (Å²) in [6.45, 7) is 7.05. The molecule has 4 nitrogen and oxygen atoms in total. The van der Waals surface area contributed by atoms with Crippen LogP contribution in [0, 0.1) is 6.92 Å². The number of anilines is 1. The van der Waals surface area contributed by atoms with Crippen molar-refractivity contribution in [3.05, 3.63) is 64.2 Å². The van der Waals surface area contributed by atoms with Crippen molar-refractivity contribution in [3.8, 4) is 0 Å². The first-order chi connectivity index (χ1) is 11.5. The summed E-state index contributed by atoms with van der Waals surface area (Å²) >= 11 is 6.06. The smallest absolute Gasteiger partial charge is 0.255 e. The van der Waals surface area contributed by atoms with Gasteiger partial charge in [-0.3, -0.25) is 9.59 Å². The van der Waals surface area contributed by atoms with Crippen molar-refractivity contribution in [2.75, 3.05) is 18.4 Å². The molecule has 2 rings (SSSR count). The zero-order chi connectivity index (χ0) is 17.7. The van der Waals surface area contributed by atoms with Gasteiger partial charge in [-0.15, -0.1) is 0 Å². The predicted octanol–water partition coefficient (Wildman–Crippen LogP) is 4.38. The maximum atomic E-state index is 12.4. The lowest BCUT2D eigenvalue weighted by Crippen LogP contribution is -2.30. The third-order valence-corrected chi connectivity index (χ3v) is 4.37. The van der Waals surface area contributed by atoms with Gasteiger partial charge in [-0.1, -0.05) is 17.7 Å². The minimum absolute atomic E-state index is 0.0300. The molecule has 0 bridgehead atoms. The highest BCUT2D eigenvalue weighted by Gasteiger charge is 2.14. The number of benzene rings is 2. The van der Waals surface area contributed by atoms with Crippen LogP contribution < -0.4 is 5.32 Å². The van der Waals surface area contributed by atoms with Gasteiger partial charge in [-0.05, 0) is 62.7 Å². The van der Waals surface area contributed by atoms with E-state index in [1.165, 1.54) is 0 Å². The summed E-state index contributed by atoms with van der Waals surface area (Å²) in [6, 6.07) is 12.0. The molecule has 24 heavy (non-hydrogen) atoms. The van der Waals surface area contributed by atoms with Gasteiger partial charge in [0.1, 0.15) is 0 Å². The molecule has 0 aliphatic carbocycles.